The fourth-order valence-electron chi connectivity index (χ4n) is 4.48. The van der Waals surface area contributed by atoms with Gasteiger partial charge in [0.1, 0.15) is 0 Å². The molecule has 0 unspecified atom stereocenters. The smallest absolute Gasteiger partial charge is 0.304 e. The maximum Gasteiger partial charge on any atom is 0.304 e. The van der Waals surface area contributed by atoms with Crippen molar-refractivity contribution in [2.45, 2.75) is 17.2 Å². The van der Waals surface area contributed by atoms with Crippen LogP contribution in [-0.4, -0.2) is 33.6 Å². The van der Waals surface area contributed by atoms with Crippen molar-refractivity contribution in [2.24, 2.45) is 23.7 Å². The number of hydrogen-bond donors (Lipinski definition) is 1. The highest BCUT2D eigenvalue weighted by atomic mass is 32.2. The van der Waals surface area contributed by atoms with Crippen molar-refractivity contribution < 1.29 is 19.5 Å². The second-order valence-electron chi connectivity index (χ2n) is 7.14. The minimum atomic E-state index is -0.828. The van der Waals surface area contributed by atoms with E-state index in [0.29, 0.717) is 11.4 Å². The molecule has 2 amide bonds. The number of allylic oxidation sites excluding steroid dienone is 2. The maximum atomic E-state index is 12.9. The fraction of sp³-hybridized carbons (Fsp3) is 0.368. The number of aromatic nitrogens is 1. The van der Waals surface area contributed by atoms with Crippen molar-refractivity contribution in [1.82, 2.24) is 4.98 Å². The molecule has 4 atom stereocenters. The lowest BCUT2D eigenvalue weighted by Gasteiger charge is -2.17. The monoisotopic (exact) mass is 400 g/mol. The van der Waals surface area contributed by atoms with E-state index in [0.717, 1.165) is 21.0 Å². The Bertz CT molecular complexity index is 984. The maximum absolute atomic E-state index is 12.9. The van der Waals surface area contributed by atoms with E-state index < -0.39 is 5.97 Å². The van der Waals surface area contributed by atoms with E-state index in [1.54, 1.807) is 6.07 Å². The Kier molecular flexibility index (Phi) is 3.87. The lowest BCUT2D eigenvalue weighted by atomic mass is 9.85. The van der Waals surface area contributed by atoms with Crippen molar-refractivity contribution in [3.63, 3.8) is 0 Å². The van der Waals surface area contributed by atoms with Crippen molar-refractivity contribution >= 4 is 56.8 Å². The fourth-order valence-corrected chi connectivity index (χ4v) is 6.57. The van der Waals surface area contributed by atoms with Crippen LogP contribution in [-0.2, 0) is 14.4 Å². The molecule has 5 rings (SSSR count). The second kappa shape index (κ2) is 6.17. The lowest BCUT2D eigenvalue weighted by molar-refractivity contribution is -0.136. The number of hydrogen-bond acceptors (Lipinski definition) is 6. The summed E-state index contributed by atoms with van der Waals surface area (Å²) in [4.78, 5) is 42.4. The minimum absolute atomic E-state index is 0.0817. The average Bonchev–Trinajstić information content (AvgIpc) is 3.37. The molecular weight excluding hydrogens is 384 g/mol. The van der Waals surface area contributed by atoms with Crippen LogP contribution >= 0.6 is 23.1 Å². The Morgan fingerprint density at radius 2 is 1.93 bits per heavy atom. The van der Waals surface area contributed by atoms with Crippen molar-refractivity contribution in [1.29, 1.82) is 0 Å². The zero-order valence-electron chi connectivity index (χ0n) is 14.2. The molecule has 2 fully saturated rings. The summed E-state index contributed by atoms with van der Waals surface area (Å²) < 4.78 is 1.69. The van der Waals surface area contributed by atoms with Gasteiger partial charge in [0.25, 0.3) is 0 Å². The van der Waals surface area contributed by atoms with Gasteiger partial charge in [-0.1, -0.05) is 23.9 Å². The van der Waals surface area contributed by atoms with Gasteiger partial charge in [0.2, 0.25) is 11.8 Å². The predicted octanol–water partition coefficient (Wildman–Crippen LogP) is 3.17. The number of benzene rings is 1. The van der Waals surface area contributed by atoms with E-state index in [1.165, 1.54) is 28.0 Å². The van der Waals surface area contributed by atoms with Crippen LogP contribution in [0.1, 0.15) is 12.8 Å². The summed E-state index contributed by atoms with van der Waals surface area (Å²) in [5.74, 6) is -0.533. The molecule has 1 aromatic heterocycles. The SMILES string of the molecule is O=C(O)CCSc1nc2ccc(N3C(=O)[C@@H]4[C@@H](C3=O)[C@H]3C=C[C@H]4C3)cc2s1. The molecule has 1 N–H and O–H groups in total. The Hall–Kier alpha value is -2.19. The summed E-state index contributed by atoms with van der Waals surface area (Å²) >= 11 is 2.86. The number of carbonyl (C=O) groups is 3. The number of thioether (sulfide) groups is 1. The Morgan fingerprint density at radius 3 is 2.59 bits per heavy atom. The molecule has 8 heteroatoms. The number of anilines is 1. The summed E-state index contributed by atoms with van der Waals surface area (Å²) in [5, 5.41) is 8.74. The van der Waals surface area contributed by atoms with Crippen LogP contribution in [0.25, 0.3) is 10.2 Å². The molecule has 1 saturated carbocycles. The van der Waals surface area contributed by atoms with Gasteiger partial charge in [-0.3, -0.25) is 14.4 Å². The zero-order valence-corrected chi connectivity index (χ0v) is 15.8. The number of aliphatic carboxylic acids is 1. The van der Waals surface area contributed by atoms with Crippen LogP contribution in [0.5, 0.6) is 0 Å². The van der Waals surface area contributed by atoms with Gasteiger partial charge < -0.3 is 5.11 Å². The lowest BCUT2D eigenvalue weighted by Crippen LogP contribution is -2.32. The van der Waals surface area contributed by atoms with Crippen LogP contribution < -0.4 is 4.90 Å². The number of nitrogens with zero attached hydrogens (tertiary/aromatic N) is 2. The Labute approximate surface area is 163 Å². The number of carbonyl (C=O) groups excluding carboxylic acids is 2. The molecule has 6 nitrogen and oxygen atoms in total. The van der Waals surface area contributed by atoms with Gasteiger partial charge in [-0.05, 0) is 36.5 Å². The van der Waals surface area contributed by atoms with E-state index in [4.69, 9.17) is 5.11 Å². The quantitative estimate of drug-likeness (QED) is 0.471. The molecule has 0 radical (unpaired) electrons. The number of amides is 2. The average molecular weight is 400 g/mol. The van der Waals surface area contributed by atoms with Crippen LogP contribution in [0.15, 0.2) is 34.7 Å². The molecule has 2 heterocycles. The summed E-state index contributed by atoms with van der Waals surface area (Å²) in [5.41, 5.74) is 1.40. The normalized spacial score (nSPS) is 28.5. The first-order valence-corrected chi connectivity index (χ1v) is 10.6. The third-order valence-corrected chi connectivity index (χ3v) is 7.79. The van der Waals surface area contributed by atoms with E-state index in [-0.39, 0.29) is 41.9 Å². The van der Waals surface area contributed by atoms with Gasteiger partial charge >= 0.3 is 5.97 Å². The van der Waals surface area contributed by atoms with Gasteiger partial charge in [-0.15, -0.1) is 11.3 Å². The van der Waals surface area contributed by atoms with E-state index in [2.05, 4.69) is 17.1 Å². The summed E-state index contributed by atoms with van der Waals surface area (Å²) in [7, 11) is 0. The molecular formula is C19H16N2O4S2. The Balaban J connectivity index is 1.41. The first-order chi connectivity index (χ1) is 13.0. The highest BCUT2D eigenvalue weighted by Gasteiger charge is 2.59. The zero-order chi connectivity index (χ0) is 18.7. The molecule has 1 aliphatic heterocycles. The van der Waals surface area contributed by atoms with Gasteiger partial charge in [0.05, 0.1) is 34.2 Å². The molecule has 3 aliphatic rings. The summed E-state index contributed by atoms with van der Waals surface area (Å²) in [6, 6.07) is 5.45. The first-order valence-electron chi connectivity index (χ1n) is 8.84. The van der Waals surface area contributed by atoms with Gasteiger partial charge in [0, 0.05) is 5.75 Å². The standard InChI is InChI=1S/C19H16N2O4S2/c22-14(23)5-6-26-19-20-12-4-3-11(8-13(12)27-19)21-17(24)15-9-1-2-10(7-9)16(15)18(21)25/h1-4,8-10,15-16H,5-7H2,(H,22,23)/t9-,10-,15-,16-/m0/s1. The van der Waals surface area contributed by atoms with Crippen LogP contribution in [0.4, 0.5) is 5.69 Å². The summed E-state index contributed by atoms with van der Waals surface area (Å²) in [6.45, 7) is 0. The number of carboxylic acids is 1. The van der Waals surface area contributed by atoms with Gasteiger partial charge in [0.15, 0.2) is 4.34 Å². The molecule has 2 aliphatic carbocycles. The molecule has 1 aromatic carbocycles. The topological polar surface area (TPSA) is 87.6 Å². The number of imide groups is 1. The van der Waals surface area contributed by atoms with Crippen molar-refractivity contribution in [3.05, 3.63) is 30.4 Å². The molecule has 0 spiro atoms. The van der Waals surface area contributed by atoms with Crippen LogP contribution in [0.2, 0.25) is 0 Å². The predicted molar refractivity (Wildman–Crippen MR) is 103 cm³/mol. The van der Waals surface area contributed by atoms with E-state index in [9.17, 15) is 14.4 Å². The number of carboxylic acid groups (broad SMARTS) is 1. The molecule has 138 valence electrons. The van der Waals surface area contributed by atoms with Crippen molar-refractivity contribution in [3.8, 4) is 0 Å². The van der Waals surface area contributed by atoms with Crippen LogP contribution in [0, 0.1) is 23.7 Å². The third kappa shape index (κ3) is 2.62. The molecule has 27 heavy (non-hydrogen) atoms. The van der Waals surface area contributed by atoms with Gasteiger partial charge in [-0.2, -0.15) is 0 Å². The largest absolute Gasteiger partial charge is 0.481 e. The minimum Gasteiger partial charge on any atom is -0.481 e. The Morgan fingerprint density at radius 1 is 1.22 bits per heavy atom. The van der Waals surface area contributed by atoms with Gasteiger partial charge in [-0.25, -0.2) is 9.88 Å². The molecule has 2 aromatic rings. The molecule has 2 bridgehead atoms. The number of rotatable bonds is 5. The van der Waals surface area contributed by atoms with E-state index >= 15 is 0 Å². The van der Waals surface area contributed by atoms with E-state index in [1.807, 2.05) is 12.1 Å². The van der Waals surface area contributed by atoms with Crippen molar-refractivity contribution in [2.75, 3.05) is 10.7 Å². The van der Waals surface area contributed by atoms with Crippen LogP contribution in [0.3, 0.4) is 0 Å². The third-order valence-electron chi connectivity index (χ3n) is 5.62. The highest BCUT2D eigenvalue weighted by molar-refractivity contribution is 8.01. The second-order valence-corrected chi connectivity index (χ2v) is 9.51. The first kappa shape index (κ1) is 16.9. The number of thiazole rings is 1. The number of fused-ring (bicyclic) bond motifs is 6. The summed E-state index contributed by atoms with van der Waals surface area (Å²) in [6.07, 6.45) is 5.19. The molecule has 1 saturated heterocycles. The highest BCUT2D eigenvalue weighted by Crippen LogP contribution is 2.53.